The number of halogens is 1. The number of nitrogens with one attached hydrogen (secondary N) is 1. The number of nitrogens with zero attached hydrogens (tertiary/aromatic N) is 4. The van der Waals surface area contributed by atoms with Crippen LogP contribution in [0.2, 0.25) is 0 Å². The molecule has 0 aliphatic carbocycles. The molecule has 3 heterocycles. The highest BCUT2D eigenvalue weighted by Gasteiger charge is 2.30. The lowest BCUT2D eigenvalue weighted by Crippen LogP contribution is -2.57. The van der Waals surface area contributed by atoms with Crippen LogP contribution in [0.4, 0.5) is 0 Å². The van der Waals surface area contributed by atoms with Gasteiger partial charge in [-0.1, -0.05) is 0 Å². The van der Waals surface area contributed by atoms with Gasteiger partial charge in [0.05, 0.1) is 6.04 Å². The van der Waals surface area contributed by atoms with E-state index in [0.29, 0.717) is 11.8 Å². The zero-order valence-electron chi connectivity index (χ0n) is 19.4. The molecule has 0 aromatic heterocycles. The van der Waals surface area contributed by atoms with E-state index in [9.17, 15) is 4.79 Å². The Bertz CT molecular complexity index is 545. The van der Waals surface area contributed by atoms with Crippen molar-refractivity contribution in [2.45, 2.75) is 45.1 Å². The summed E-state index contributed by atoms with van der Waals surface area (Å²) < 4.78 is 11.2. The Hall–Kier alpha value is -0.650. The molecule has 8 nitrogen and oxygen atoms in total. The van der Waals surface area contributed by atoms with E-state index in [2.05, 4.69) is 27.0 Å². The molecular formula is C22H42IN5O3. The van der Waals surface area contributed by atoms with Gasteiger partial charge in [0.25, 0.3) is 0 Å². The number of guanidine groups is 1. The summed E-state index contributed by atoms with van der Waals surface area (Å²) in [5, 5.41) is 3.47. The summed E-state index contributed by atoms with van der Waals surface area (Å²) >= 11 is 0. The van der Waals surface area contributed by atoms with Crippen molar-refractivity contribution in [3.05, 3.63) is 0 Å². The minimum Gasteiger partial charge on any atom is -0.381 e. The van der Waals surface area contributed by atoms with Crippen molar-refractivity contribution >= 4 is 35.8 Å². The summed E-state index contributed by atoms with van der Waals surface area (Å²) in [5.41, 5.74) is 0. The van der Waals surface area contributed by atoms with E-state index >= 15 is 0 Å². The van der Waals surface area contributed by atoms with Gasteiger partial charge in [0.15, 0.2) is 5.96 Å². The van der Waals surface area contributed by atoms with Crippen molar-refractivity contribution in [1.29, 1.82) is 0 Å². The summed E-state index contributed by atoms with van der Waals surface area (Å²) in [4.78, 5) is 23.8. The molecule has 3 saturated heterocycles. The van der Waals surface area contributed by atoms with Crippen molar-refractivity contribution < 1.29 is 14.3 Å². The Morgan fingerprint density at radius 1 is 1.10 bits per heavy atom. The molecule has 3 rings (SSSR count). The van der Waals surface area contributed by atoms with Gasteiger partial charge < -0.3 is 24.6 Å². The van der Waals surface area contributed by atoms with Crippen molar-refractivity contribution in [2.24, 2.45) is 10.9 Å². The van der Waals surface area contributed by atoms with Gasteiger partial charge in [-0.25, -0.2) is 0 Å². The van der Waals surface area contributed by atoms with E-state index < -0.39 is 0 Å². The number of rotatable bonds is 8. The van der Waals surface area contributed by atoms with Gasteiger partial charge in [-0.05, 0) is 44.9 Å². The second-order valence-corrected chi connectivity index (χ2v) is 8.69. The summed E-state index contributed by atoms with van der Waals surface area (Å²) in [6, 6.07) is -0.0203. The molecule has 0 aromatic rings. The molecule has 3 fully saturated rings. The molecule has 180 valence electrons. The second-order valence-electron chi connectivity index (χ2n) is 8.69. The van der Waals surface area contributed by atoms with Gasteiger partial charge in [0.2, 0.25) is 5.91 Å². The van der Waals surface area contributed by atoms with Crippen molar-refractivity contribution in [1.82, 2.24) is 20.0 Å². The highest BCUT2D eigenvalue weighted by atomic mass is 127. The second kappa shape index (κ2) is 14.5. The van der Waals surface area contributed by atoms with Gasteiger partial charge in [0, 0.05) is 79.3 Å². The molecule has 0 aromatic carbocycles. The first kappa shape index (κ1) is 26.6. The van der Waals surface area contributed by atoms with Crippen LogP contribution in [0.1, 0.15) is 39.0 Å². The van der Waals surface area contributed by atoms with Crippen LogP contribution in [0.3, 0.4) is 0 Å². The van der Waals surface area contributed by atoms with Crippen LogP contribution in [0.15, 0.2) is 4.99 Å². The lowest BCUT2D eigenvalue weighted by molar-refractivity contribution is -0.135. The number of amides is 1. The molecule has 31 heavy (non-hydrogen) atoms. The van der Waals surface area contributed by atoms with E-state index in [1.807, 2.05) is 11.9 Å². The zero-order chi connectivity index (χ0) is 21.2. The van der Waals surface area contributed by atoms with Crippen molar-refractivity contribution in [3.63, 3.8) is 0 Å². The molecule has 0 radical (unpaired) electrons. The van der Waals surface area contributed by atoms with Gasteiger partial charge in [-0.2, -0.15) is 0 Å². The monoisotopic (exact) mass is 551 g/mol. The van der Waals surface area contributed by atoms with Crippen LogP contribution >= 0.6 is 24.0 Å². The summed E-state index contributed by atoms with van der Waals surface area (Å²) in [5.74, 6) is 1.91. The zero-order valence-corrected chi connectivity index (χ0v) is 21.7. The van der Waals surface area contributed by atoms with Crippen LogP contribution in [0.5, 0.6) is 0 Å². The Balaban J connectivity index is 0.00000341. The molecule has 9 heteroatoms. The topological polar surface area (TPSA) is 69.6 Å². The average Bonchev–Trinajstić information content (AvgIpc) is 3.33. The number of hydrogen-bond donors (Lipinski definition) is 1. The van der Waals surface area contributed by atoms with Crippen LogP contribution in [-0.4, -0.2) is 112 Å². The molecule has 0 bridgehead atoms. The van der Waals surface area contributed by atoms with Crippen LogP contribution < -0.4 is 5.32 Å². The number of hydrogen-bond acceptors (Lipinski definition) is 5. The summed E-state index contributed by atoms with van der Waals surface area (Å²) in [6.07, 6.45) is 5.52. The number of piperazine rings is 1. The Kier molecular flexibility index (Phi) is 12.4. The third-order valence-corrected chi connectivity index (χ3v) is 6.59. The molecule has 1 unspecified atom stereocenters. The molecule has 3 aliphatic rings. The van der Waals surface area contributed by atoms with Gasteiger partial charge in [0.1, 0.15) is 0 Å². The van der Waals surface area contributed by atoms with Crippen molar-refractivity contribution in [3.8, 4) is 0 Å². The fourth-order valence-electron chi connectivity index (χ4n) is 4.55. The Morgan fingerprint density at radius 3 is 2.42 bits per heavy atom. The first-order chi connectivity index (χ1) is 14.7. The number of likely N-dealkylation sites (tertiary alicyclic amines) is 1. The maximum Gasteiger partial charge on any atom is 0.239 e. The number of carbonyl (C=O) groups excluding carboxylic acids is 1. The Morgan fingerprint density at radius 2 is 1.77 bits per heavy atom. The SMILES string of the molecule is CN=C(NCCCOCC1CCOCC1)N1CCN(C(C)C(=O)N2CCCC2)CC1.I. The predicted octanol–water partition coefficient (Wildman–Crippen LogP) is 1.64. The molecule has 1 N–H and O–H groups in total. The van der Waals surface area contributed by atoms with E-state index in [-0.39, 0.29) is 30.0 Å². The third-order valence-electron chi connectivity index (χ3n) is 6.59. The lowest BCUT2D eigenvalue weighted by atomic mass is 10.0. The molecule has 3 aliphatic heterocycles. The fraction of sp³-hybridized carbons (Fsp3) is 0.909. The van der Waals surface area contributed by atoms with E-state index in [1.165, 1.54) is 0 Å². The fourth-order valence-corrected chi connectivity index (χ4v) is 4.55. The van der Waals surface area contributed by atoms with Crippen LogP contribution in [-0.2, 0) is 14.3 Å². The predicted molar refractivity (Wildman–Crippen MR) is 134 cm³/mol. The molecule has 0 spiro atoms. The van der Waals surface area contributed by atoms with Crippen LogP contribution in [0, 0.1) is 5.92 Å². The maximum absolute atomic E-state index is 12.7. The van der Waals surface area contributed by atoms with Gasteiger partial charge in [-0.15, -0.1) is 24.0 Å². The van der Waals surface area contributed by atoms with E-state index in [1.54, 1.807) is 0 Å². The highest BCUT2D eigenvalue weighted by Crippen LogP contribution is 2.15. The van der Waals surface area contributed by atoms with E-state index in [4.69, 9.17) is 9.47 Å². The number of aliphatic imine (C=N–C) groups is 1. The van der Waals surface area contributed by atoms with Gasteiger partial charge in [-0.3, -0.25) is 14.7 Å². The quantitative estimate of drug-likeness (QED) is 0.214. The minimum atomic E-state index is -0.0203. The first-order valence-corrected chi connectivity index (χ1v) is 11.8. The van der Waals surface area contributed by atoms with Crippen molar-refractivity contribution in [2.75, 3.05) is 79.3 Å². The smallest absolute Gasteiger partial charge is 0.239 e. The normalized spacial score (nSPS) is 22.3. The summed E-state index contributed by atoms with van der Waals surface area (Å²) in [6.45, 7) is 11.8. The third kappa shape index (κ3) is 8.33. The van der Waals surface area contributed by atoms with E-state index in [0.717, 1.165) is 110 Å². The first-order valence-electron chi connectivity index (χ1n) is 11.8. The number of ether oxygens (including phenoxy) is 2. The summed E-state index contributed by atoms with van der Waals surface area (Å²) in [7, 11) is 1.84. The standard InChI is InChI=1S/C22H41N5O3.HI/c1-19(21(28)26-9-3-4-10-26)25-11-13-27(14-12-25)22(23-2)24-8-5-15-30-18-20-6-16-29-17-7-20;/h19-20H,3-18H2,1-2H3,(H,23,24);1H. The Labute approximate surface area is 205 Å². The largest absolute Gasteiger partial charge is 0.381 e. The molecule has 1 atom stereocenters. The number of carbonyl (C=O) groups is 1. The van der Waals surface area contributed by atoms with Gasteiger partial charge >= 0.3 is 0 Å². The minimum absolute atomic E-state index is 0. The maximum atomic E-state index is 12.7. The molecular weight excluding hydrogens is 509 g/mol. The molecule has 0 saturated carbocycles. The lowest BCUT2D eigenvalue weighted by Gasteiger charge is -2.39. The highest BCUT2D eigenvalue weighted by molar-refractivity contribution is 14.0. The average molecular weight is 552 g/mol. The molecule has 1 amide bonds. The van der Waals surface area contributed by atoms with Crippen LogP contribution in [0.25, 0.3) is 0 Å².